The van der Waals surface area contributed by atoms with Crippen LogP contribution in [0.3, 0.4) is 0 Å². The maximum atomic E-state index is 12.6. The summed E-state index contributed by atoms with van der Waals surface area (Å²) in [6, 6.07) is 9.32. The summed E-state index contributed by atoms with van der Waals surface area (Å²) in [4.78, 5) is 32.7. The molecule has 116 valence electrons. The molecule has 2 rings (SSSR count). The fraction of sp³-hybridized carbons (Fsp3) is 0.353. The highest BCUT2D eigenvalue weighted by Crippen LogP contribution is 2.27. The van der Waals surface area contributed by atoms with Gasteiger partial charge in [-0.05, 0) is 19.7 Å². The van der Waals surface area contributed by atoms with Crippen LogP contribution < -0.4 is 0 Å². The van der Waals surface area contributed by atoms with E-state index in [1.165, 1.54) is 4.90 Å². The number of amides is 2. The third-order valence-corrected chi connectivity index (χ3v) is 3.52. The molecule has 0 spiro atoms. The molecule has 1 fully saturated rings. The average Bonchev–Trinajstić information content (AvgIpc) is 2.73. The molecule has 5 heteroatoms. The zero-order valence-electron chi connectivity index (χ0n) is 13.0. The Kier molecular flexibility index (Phi) is 5.22. The van der Waals surface area contributed by atoms with Crippen LogP contribution in [0.2, 0.25) is 0 Å². The zero-order chi connectivity index (χ0) is 16.1. The smallest absolute Gasteiger partial charge is 0.275 e. The molecule has 0 aromatic heterocycles. The molecule has 1 aromatic carbocycles. The SMILES string of the molecule is C=CCN1C(=O)C(=NCCN(C)C)C(c2ccccc2)C1=O. The molecule has 22 heavy (non-hydrogen) atoms. The fourth-order valence-electron chi connectivity index (χ4n) is 2.41. The van der Waals surface area contributed by atoms with E-state index in [-0.39, 0.29) is 18.4 Å². The number of carbonyl (C=O) groups is 2. The van der Waals surface area contributed by atoms with E-state index in [0.717, 1.165) is 12.1 Å². The van der Waals surface area contributed by atoms with Gasteiger partial charge in [0.15, 0.2) is 0 Å². The Morgan fingerprint density at radius 3 is 2.55 bits per heavy atom. The van der Waals surface area contributed by atoms with E-state index in [2.05, 4.69) is 11.6 Å². The van der Waals surface area contributed by atoms with Crippen molar-refractivity contribution >= 4 is 17.5 Å². The summed E-state index contributed by atoms with van der Waals surface area (Å²) in [5.74, 6) is -1.13. The summed E-state index contributed by atoms with van der Waals surface area (Å²) in [5, 5.41) is 0. The van der Waals surface area contributed by atoms with E-state index in [1.54, 1.807) is 6.08 Å². The van der Waals surface area contributed by atoms with Crippen LogP contribution in [0, 0.1) is 0 Å². The molecule has 1 unspecified atom stereocenters. The van der Waals surface area contributed by atoms with Crippen LogP contribution in [0.4, 0.5) is 0 Å². The third-order valence-electron chi connectivity index (χ3n) is 3.52. The van der Waals surface area contributed by atoms with Gasteiger partial charge in [-0.25, -0.2) is 0 Å². The number of carbonyl (C=O) groups excluding carboxylic acids is 2. The third kappa shape index (κ3) is 3.31. The standard InChI is InChI=1S/C17H21N3O2/c1-4-11-20-16(21)14(13-8-6-5-7-9-13)15(17(20)22)18-10-12-19(2)3/h4-9,14H,1,10-12H2,2-3H3. The van der Waals surface area contributed by atoms with E-state index in [9.17, 15) is 9.59 Å². The molecule has 1 aliphatic heterocycles. The van der Waals surface area contributed by atoms with Gasteiger partial charge in [0.25, 0.3) is 5.91 Å². The molecule has 0 bridgehead atoms. The van der Waals surface area contributed by atoms with Crippen LogP contribution in [0.15, 0.2) is 48.0 Å². The molecule has 0 saturated carbocycles. The van der Waals surface area contributed by atoms with Gasteiger partial charge in [-0.15, -0.1) is 6.58 Å². The Balaban J connectivity index is 2.35. The van der Waals surface area contributed by atoms with Crippen molar-refractivity contribution in [1.82, 2.24) is 9.80 Å². The van der Waals surface area contributed by atoms with Crippen LogP contribution >= 0.6 is 0 Å². The lowest BCUT2D eigenvalue weighted by Crippen LogP contribution is -2.31. The summed E-state index contributed by atoms with van der Waals surface area (Å²) in [6.45, 7) is 5.05. The van der Waals surface area contributed by atoms with Crippen LogP contribution in [0.25, 0.3) is 0 Å². The average molecular weight is 299 g/mol. The first-order valence-corrected chi connectivity index (χ1v) is 7.27. The van der Waals surface area contributed by atoms with E-state index in [0.29, 0.717) is 12.3 Å². The first-order valence-electron chi connectivity index (χ1n) is 7.27. The van der Waals surface area contributed by atoms with Crippen molar-refractivity contribution in [2.24, 2.45) is 4.99 Å². The molecular weight excluding hydrogens is 278 g/mol. The molecule has 1 aliphatic rings. The normalized spacial score (nSPS) is 20.2. The van der Waals surface area contributed by atoms with Crippen LogP contribution in [0.5, 0.6) is 0 Å². The molecule has 0 radical (unpaired) electrons. The van der Waals surface area contributed by atoms with E-state index >= 15 is 0 Å². The number of nitrogens with zero attached hydrogens (tertiary/aromatic N) is 3. The molecule has 1 saturated heterocycles. The topological polar surface area (TPSA) is 53.0 Å². The fourth-order valence-corrected chi connectivity index (χ4v) is 2.41. The number of benzene rings is 1. The van der Waals surface area contributed by atoms with Gasteiger partial charge in [-0.2, -0.15) is 0 Å². The molecule has 0 N–H and O–H groups in total. The van der Waals surface area contributed by atoms with E-state index < -0.39 is 5.92 Å². The van der Waals surface area contributed by atoms with Crippen molar-refractivity contribution in [2.75, 3.05) is 33.7 Å². The highest BCUT2D eigenvalue weighted by atomic mass is 16.2. The van der Waals surface area contributed by atoms with E-state index in [1.807, 2.05) is 49.3 Å². The Bertz CT molecular complexity index is 593. The minimum absolute atomic E-state index is 0.216. The summed E-state index contributed by atoms with van der Waals surface area (Å²) in [5.41, 5.74) is 1.14. The second-order valence-corrected chi connectivity index (χ2v) is 5.46. The maximum Gasteiger partial charge on any atom is 0.275 e. The van der Waals surface area contributed by atoms with Crippen LogP contribution in [-0.4, -0.2) is 61.1 Å². The molecule has 1 atom stereocenters. The number of rotatable bonds is 6. The van der Waals surface area contributed by atoms with Gasteiger partial charge in [0.05, 0.1) is 6.54 Å². The monoisotopic (exact) mass is 299 g/mol. The predicted octanol–water partition coefficient (Wildman–Crippen LogP) is 1.33. The van der Waals surface area contributed by atoms with Gasteiger partial charge in [-0.3, -0.25) is 19.5 Å². The minimum Gasteiger partial charge on any atom is -0.308 e. The number of hydrogen-bond donors (Lipinski definition) is 0. The summed E-state index contributed by atoms with van der Waals surface area (Å²) in [7, 11) is 3.89. The summed E-state index contributed by atoms with van der Waals surface area (Å²) < 4.78 is 0. The van der Waals surface area contributed by atoms with Crippen molar-refractivity contribution < 1.29 is 9.59 Å². The van der Waals surface area contributed by atoms with Gasteiger partial charge in [0.2, 0.25) is 5.91 Å². The molecule has 2 amide bonds. The lowest BCUT2D eigenvalue weighted by Gasteiger charge is -2.11. The van der Waals surface area contributed by atoms with Crippen molar-refractivity contribution in [3.8, 4) is 0 Å². The molecule has 0 aliphatic carbocycles. The predicted molar refractivity (Wildman–Crippen MR) is 87.0 cm³/mol. The second kappa shape index (κ2) is 7.13. The first-order chi connectivity index (χ1) is 10.6. The number of imide groups is 1. The van der Waals surface area contributed by atoms with Gasteiger partial charge < -0.3 is 4.90 Å². The van der Waals surface area contributed by atoms with Crippen molar-refractivity contribution in [1.29, 1.82) is 0 Å². The minimum atomic E-state index is -0.601. The van der Waals surface area contributed by atoms with Crippen molar-refractivity contribution in [3.63, 3.8) is 0 Å². The van der Waals surface area contributed by atoms with E-state index in [4.69, 9.17) is 0 Å². The Morgan fingerprint density at radius 1 is 1.27 bits per heavy atom. The zero-order valence-corrected chi connectivity index (χ0v) is 13.0. The van der Waals surface area contributed by atoms with Crippen molar-refractivity contribution in [3.05, 3.63) is 48.6 Å². The Hall–Kier alpha value is -2.27. The highest BCUT2D eigenvalue weighted by Gasteiger charge is 2.44. The quantitative estimate of drug-likeness (QED) is 0.588. The summed E-state index contributed by atoms with van der Waals surface area (Å²) in [6.07, 6.45) is 1.56. The molecule has 1 aromatic rings. The highest BCUT2D eigenvalue weighted by molar-refractivity contribution is 6.52. The lowest BCUT2D eigenvalue weighted by molar-refractivity contribution is -0.137. The molecule has 5 nitrogen and oxygen atoms in total. The van der Waals surface area contributed by atoms with Crippen LogP contribution in [-0.2, 0) is 9.59 Å². The van der Waals surface area contributed by atoms with Crippen molar-refractivity contribution in [2.45, 2.75) is 5.92 Å². The van der Waals surface area contributed by atoms with Gasteiger partial charge in [0, 0.05) is 13.1 Å². The number of likely N-dealkylation sites (N-methyl/N-ethyl adjacent to an activating group) is 1. The first kappa shape index (κ1) is 16.1. The summed E-state index contributed by atoms with van der Waals surface area (Å²) >= 11 is 0. The Labute approximate surface area is 130 Å². The van der Waals surface area contributed by atoms with Gasteiger partial charge in [-0.1, -0.05) is 36.4 Å². The largest absolute Gasteiger partial charge is 0.308 e. The van der Waals surface area contributed by atoms with Crippen LogP contribution in [0.1, 0.15) is 11.5 Å². The number of hydrogen-bond acceptors (Lipinski definition) is 4. The Morgan fingerprint density at radius 2 is 1.95 bits per heavy atom. The molecule has 1 heterocycles. The van der Waals surface area contributed by atoms with Gasteiger partial charge >= 0.3 is 0 Å². The lowest BCUT2D eigenvalue weighted by atomic mass is 9.96. The molecular formula is C17H21N3O2. The number of aliphatic imine (C=N–C) groups is 1. The maximum absolute atomic E-state index is 12.6. The number of likely N-dealkylation sites (tertiary alicyclic amines) is 1. The van der Waals surface area contributed by atoms with Gasteiger partial charge in [0.1, 0.15) is 11.6 Å². The second-order valence-electron chi connectivity index (χ2n) is 5.46.